The minimum absolute atomic E-state index is 0.0952. The van der Waals surface area contributed by atoms with Gasteiger partial charge in [0.1, 0.15) is 43.2 Å². The third-order valence-corrected chi connectivity index (χ3v) is 10.8. The fraction of sp³-hybridized carbons (Fsp3) is 0.900. The van der Waals surface area contributed by atoms with Gasteiger partial charge in [-0.1, -0.05) is 135 Å². The number of unbranched alkanes of at least 4 members (excludes halogenated alkanes) is 20. The van der Waals surface area contributed by atoms with Crippen LogP contribution in [0, 0.1) is 0 Å². The Balaban J connectivity index is 2.47. The summed E-state index contributed by atoms with van der Waals surface area (Å²) in [4.78, 5) is 35.4. The van der Waals surface area contributed by atoms with Crippen LogP contribution in [0.15, 0.2) is 12.2 Å². The van der Waals surface area contributed by atoms with Gasteiger partial charge < -0.3 is 39.9 Å². The fourth-order valence-corrected chi connectivity index (χ4v) is 7.37. The molecule has 0 aromatic heterocycles. The quantitative estimate of drug-likeness (QED) is 0.0166. The van der Waals surface area contributed by atoms with Crippen LogP contribution in [-0.2, 0) is 32.7 Å². The molecule has 0 aromatic rings. The Morgan fingerprint density at radius 3 is 1.41 bits per heavy atom. The highest BCUT2D eigenvalue weighted by molar-refractivity contribution is 7.47. The standard InChI is InChI=1S/C40H75O13P/c1-3-5-7-9-11-13-14-15-16-17-18-19-20-21-23-25-27-29-34(42)52-32(30-50-33(41)28-26-24-22-12-10-8-6-4-2)31-51-54(48,49)53-40-38(46)36(44)35(43)37(45)39(40)47/h15-16,32,35-40,43-47H,3-14,17-31H2,1-2H3,(H,48,49)/b16-15-. The van der Waals surface area contributed by atoms with E-state index in [1.54, 1.807) is 0 Å². The Morgan fingerprint density at radius 1 is 0.556 bits per heavy atom. The van der Waals surface area contributed by atoms with E-state index in [1.165, 1.54) is 83.5 Å². The van der Waals surface area contributed by atoms with Crippen molar-refractivity contribution in [2.24, 2.45) is 0 Å². The number of carbonyl (C=O) groups is 2. The van der Waals surface area contributed by atoms with E-state index in [0.29, 0.717) is 12.8 Å². The number of hydrogen-bond donors (Lipinski definition) is 6. The summed E-state index contributed by atoms with van der Waals surface area (Å²) in [6, 6.07) is 0. The number of esters is 2. The number of allylic oxidation sites excluding steroid dienone is 2. The molecule has 0 amide bonds. The van der Waals surface area contributed by atoms with E-state index in [2.05, 4.69) is 26.0 Å². The molecule has 6 N–H and O–H groups in total. The monoisotopic (exact) mass is 794 g/mol. The lowest BCUT2D eigenvalue weighted by Gasteiger charge is -2.41. The van der Waals surface area contributed by atoms with Crippen molar-refractivity contribution < 1.29 is 63.1 Å². The molecule has 14 heteroatoms. The average Bonchev–Trinajstić information content (AvgIpc) is 3.15. The molecule has 318 valence electrons. The molecule has 6 unspecified atom stereocenters. The molecule has 13 nitrogen and oxygen atoms in total. The molecule has 1 rings (SSSR count). The minimum Gasteiger partial charge on any atom is -0.462 e. The number of phosphoric acid groups is 1. The predicted molar refractivity (Wildman–Crippen MR) is 207 cm³/mol. The van der Waals surface area contributed by atoms with Gasteiger partial charge in [-0.05, 0) is 38.5 Å². The summed E-state index contributed by atoms with van der Waals surface area (Å²) >= 11 is 0. The van der Waals surface area contributed by atoms with E-state index < -0.39 is 75.7 Å². The van der Waals surface area contributed by atoms with Gasteiger partial charge in [-0.25, -0.2) is 4.57 Å². The Kier molecular flexibility index (Phi) is 29.7. The largest absolute Gasteiger partial charge is 0.472 e. The zero-order valence-corrected chi connectivity index (χ0v) is 34.2. The highest BCUT2D eigenvalue weighted by Crippen LogP contribution is 2.47. The molecule has 1 aliphatic rings. The lowest BCUT2D eigenvalue weighted by molar-refractivity contribution is -0.220. The number of hydrogen-bond acceptors (Lipinski definition) is 12. The SMILES string of the molecule is CCCCCCCC/C=C\CCCCCCCCCC(=O)OC(COC(=O)CCCCCCCCCC)COP(=O)(O)OC1C(O)C(O)C(O)C(O)C1O. The molecular formula is C40H75O13P. The Bertz CT molecular complexity index is 1010. The zero-order chi connectivity index (χ0) is 40.0. The second-order valence-electron chi connectivity index (χ2n) is 14.8. The van der Waals surface area contributed by atoms with E-state index in [1.807, 2.05) is 0 Å². The maximum atomic E-state index is 12.7. The van der Waals surface area contributed by atoms with Crippen LogP contribution < -0.4 is 0 Å². The Hall–Kier alpha value is -1.41. The zero-order valence-electron chi connectivity index (χ0n) is 33.3. The number of ether oxygens (including phenoxy) is 2. The number of aliphatic hydroxyl groups excluding tert-OH is 5. The van der Waals surface area contributed by atoms with Crippen LogP contribution in [0.3, 0.4) is 0 Å². The summed E-state index contributed by atoms with van der Waals surface area (Å²) in [5, 5.41) is 49.9. The maximum Gasteiger partial charge on any atom is 0.472 e. The smallest absolute Gasteiger partial charge is 0.462 e. The van der Waals surface area contributed by atoms with Crippen molar-refractivity contribution in [3.05, 3.63) is 12.2 Å². The summed E-state index contributed by atoms with van der Waals surface area (Å²) < 4.78 is 33.3. The molecule has 54 heavy (non-hydrogen) atoms. The van der Waals surface area contributed by atoms with Gasteiger partial charge in [0, 0.05) is 12.8 Å². The van der Waals surface area contributed by atoms with E-state index in [0.717, 1.165) is 51.4 Å². The second kappa shape index (κ2) is 31.6. The van der Waals surface area contributed by atoms with Crippen molar-refractivity contribution in [3.8, 4) is 0 Å². The van der Waals surface area contributed by atoms with Gasteiger partial charge in [-0.2, -0.15) is 0 Å². The highest BCUT2D eigenvalue weighted by atomic mass is 31.2. The second-order valence-corrected chi connectivity index (χ2v) is 16.3. The van der Waals surface area contributed by atoms with Gasteiger partial charge in [0.25, 0.3) is 0 Å². The molecular weight excluding hydrogens is 719 g/mol. The number of phosphoric ester groups is 1. The van der Waals surface area contributed by atoms with Crippen molar-refractivity contribution in [2.45, 2.75) is 217 Å². The molecule has 0 aliphatic heterocycles. The van der Waals surface area contributed by atoms with Crippen LogP contribution in [0.25, 0.3) is 0 Å². The topological polar surface area (TPSA) is 210 Å². The first-order valence-electron chi connectivity index (χ1n) is 21.0. The summed E-state index contributed by atoms with van der Waals surface area (Å²) in [5.74, 6) is -1.10. The normalized spacial score (nSPS) is 23.3. The molecule has 0 aromatic carbocycles. The molecule has 0 radical (unpaired) electrons. The predicted octanol–water partition coefficient (Wildman–Crippen LogP) is 7.11. The first-order chi connectivity index (χ1) is 25.9. The van der Waals surface area contributed by atoms with Gasteiger partial charge in [-0.15, -0.1) is 0 Å². The molecule has 1 fully saturated rings. The first kappa shape index (κ1) is 50.6. The average molecular weight is 795 g/mol. The molecule has 1 aliphatic carbocycles. The number of carbonyl (C=O) groups excluding carboxylic acids is 2. The Labute approximate surface area is 324 Å². The summed E-state index contributed by atoms with van der Waals surface area (Å²) in [6.07, 6.45) is 17.3. The van der Waals surface area contributed by atoms with Crippen molar-refractivity contribution in [1.29, 1.82) is 0 Å². The van der Waals surface area contributed by atoms with Crippen molar-refractivity contribution in [1.82, 2.24) is 0 Å². The third kappa shape index (κ3) is 24.3. The number of aliphatic hydroxyl groups is 5. The summed E-state index contributed by atoms with van der Waals surface area (Å²) in [5.41, 5.74) is 0. The van der Waals surface area contributed by atoms with Crippen molar-refractivity contribution >= 4 is 19.8 Å². The van der Waals surface area contributed by atoms with Crippen LogP contribution in [0.5, 0.6) is 0 Å². The van der Waals surface area contributed by atoms with Crippen LogP contribution in [0.2, 0.25) is 0 Å². The summed E-state index contributed by atoms with van der Waals surface area (Å²) in [6.45, 7) is 3.24. The Morgan fingerprint density at radius 2 is 0.944 bits per heavy atom. The molecule has 0 saturated heterocycles. The molecule has 0 heterocycles. The van der Waals surface area contributed by atoms with Gasteiger partial charge in [0.05, 0.1) is 6.61 Å². The van der Waals surface area contributed by atoms with Crippen LogP contribution in [0.1, 0.15) is 174 Å². The van der Waals surface area contributed by atoms with E-state index in [-0.39, 0.29) is 12.8 Å². The lowest BCUT2D eigenvalue weighted by atomic mass is 9.85. The van der Waals surface area contributed by atoms with Crippen LogP contribution in [-0.4, -0.2) is 98.3 Å². The summed E-state index contributed by atoms with van der Waals surface area (Å²) in [7, 11) is -5.10. The molecule has 6 atom stereocenters. The van der Waals surface area contributed by atoms with Crippen molar-refractivity contribution in [2.75, 3.05) is 13.2 Å². The van der Waals surface area contributed by atoms with E-state index in [9.17, 15) is 44.6 Å². The number of rotatable bonds is 34. The highest BCUT2D eigenvalue weighted by Gasteiger charge is 2.51. The van der Waals surface area contributed by atoms with Gasteiger partial charge in [0.2, 0.25) is 0 Å². The first-order valence-corrected chi connectivity index (χ1v) is 22.5. The molecule has 1 saturated carbocycles. The fourth-order valence-electron chi connectivity index (χ4n) is 6.40. The van der Waals surface area contributed by atoms with E-state index in [4.69, 9.17) is 18.5 Å². The van der Waals surface area contributed by atoms with Crippen LogP contribution in [0.4, 0.5) is 0 Å². The van der Waals surface area contributed by atoms with Crippen molar-refractivity contribution in [3.63, 3.8) is 0 Å². The third-order valence-electron chi connectivity index (χ3n) is 9.86. The van der Waals surface area contributed by atoms with Gasteiger partial charge in [0.15, 0.2) is 6.10 Å². The van der Waals surface area contributed by atoms with Gasteiger partial charge >= 0.3 is 19.8 Å². The lowest BCUT2D eigenvalue weighted by Crippen LogP contribution is -2.64. The van der Waals surface area contributed by atoms with E-state index >= 15 is 0 Å². The maximum absolute atomic E-state index is 12.7. The van der Waals surface area contributed by atoms with Crippen LogP contribution >= 0.6 is 7.82 Å². The molecule has 0 spiro atoms. The minimum atomic E-state index is -5.10. The molecule has 0 bridgehead atoms. The van der Waals surface area contributed by atoms with Gasteiger partial charge in [-0.3, -0.25) is 18.6 Å².